The van der Waals surface area contributed by atoms with Crippen molar-refractivity contribution in [3.8, 4) is 0 Å². The Bertz CT molecular complexity index is 557. The van der Waals surface area contributed by atoms with Crippen LogP contribution in [0.3, 0.4) is 0 Å². The fourth-order valence-electron chi connectivity index (χ4n) is 2.16. The van der Waals surface area contributed by atoms with E-state index in [-0.39, 0.29) is 5.54 Å². The first kappa shape index (κ1) is 17.3. The molecule has 6 heteroatoms. The molecule has 4 nitrogen and oxygen atoms in total. The number of rotatable bonds is 8. The van der Waals surface area contributed by atoms with Crippen molar-refractivity contribution < 1.29 is 4.55 Å². The van der Waals surface area contributed by atoms with E-state index in [1.165, 1.54) is 0 Å². The van der Waals surface area contributed by atoms with Gasteiger partial charge in [-0.15, -0.1) is 0 Å². The van der Waals surface area contributed by atoms with Crippen LogP contribution in [0.1, 0.15) is 20.3 Å². The van der Waals surface area contributed by atoms with Gasteiger partial charge in [0.2, 0.25) is 0 Å². The molecule has 1 heterocycles. The molecule has 1 aromatic carbocycles. The molecule has 0 saturated carbocycles. The molecule has 1 N–H and O–H groups in total. The Labute approximate surface area is 140 Å². The Hall–Kier alpha value is -1.01. The van der Waals surface area contributed by atoms with Crippen LogP contribution in [0, 0.1) is 0 Å². The Kier molecular flexibility index (Phi) is 6.32. The summed E-state index contributed by atoms with van der Waals surface area (Å²) in [7, 11) is 0. The number of aryl methyl sites for hydroxylation is 1. The fraction of sp³-hybridized carbons (Fsp3) is 0.438. The number of halogens is 1. The van der Waals surface area contributed by atoms with Gasteiger partial charge in [-0.3, -0.25) is 0 Å². The first-order valence-electron chi connectivity index (χ1n) is 7.31. The summed E-state index contributed by atoms with van der Waals surface area (Å²) in [6.07, 6.45) is 6.57. The molecule has 0 amide bonds. The standard InChI is InChI=1S/C16H22ClN3OS/c1-16(2,19-8-3-10-20-11-9-18-13-20)12-22(21)15-6-4-14(17)5-7-15/h4-7,9,11,13,19H,3,8,10,12H2,1-2H3. The molecule has 0 fully saturated rings. The predicted octanol–water partition coefficient (Wildman–Crippen LogP) is 3.10. The summed E-state index contributed by atoms with van der Waals surface area (Å²) in [5.74, 6) is 0.569. The zero-order valence-electron chi connectivity index (χ0n) is 13.0. The molecule has 0 saturated heterocycles. The summed E-state index contributed by atoms with van der Waals surface area (Å²) in [6.45, 7) is 5.97. The molecule has 0 spiro atoms. The third-order valence-corrected chi connectivity index (χ3v) is 5.36. The van der Waals surface area contributed by atoms with E-state index in [2.05, 4.69) is 28.7 Å². The van der Waals surface area contributed by atoms with E-state index in [0.29, 0.717) is 10.8 Å². The topological polar surface area (TPSA) is 52.9 Å². The summed E-state index contributed by atoms with van der Waals surface area (Å²) < 4.78 is 14.5. The third-order valence-electron chi connectivity index (χ3n) is 3.32. The van der Waals surface area contributed by atoms with Gasteiger partial charge in [-0.05, 0) is 62.3 Å². The van der Waals surface area contributed by atoms with Crippen molar-refractivity contribution >= 4 is 22.8 Å². The van der Waals surface area contributed by atoms with Crippen LogP contribution in [-0.2, 0) is 17.7 Å². The van der Waals surface area contributed by atoms with E-state index in [1.54, 1.807) is 18.3 Å². The number of nitrogens with one attached hydrogen (secondary N) is 1. The van der Waals surface area contributed by atoms with Crippen molar-refractivity contribution in [1.29, 1.82) is 0 Å². The summed E-state index contributed by atoms with van der Waals surface area (Å²) in [4.78, 5) is 4.84. The average Bonchev–Trinajstić information content (AvgIpc) is 2.97. The minimum absolute atomic E-state index is 0.181. The smallest absolute Gasteiger partial charge is 0.152 e. The Morgan fingerprint density at radius 1 is 1.32 bits per heavy atom. The molecule has 0 aliphatic rings. The van der Waals surface area contributed by atoms with Crippen molar-refractivity contribution in [2.24, 2.45) is 0 Å². The van der Waals surface area contributed by atoms with Crippen molar-refractivity contribution in [3.05, 3.63) is 48.0 Å². The van der Waals surface area contributed by atoms with Crippen LogP contribution in [0.15, 0.2) is 47.9 Å². The van der Waals surface area contributed by atoms with Crippen molar-refractivity contribution in [1.82, 2.24) is 14.9 Å². The second-order valence-electron chi connectivity index (χ2n) is 5.91. The maximum atomic E-state index is 12.4. The molecule has 0 radical (unpaired) electrons. The Morgan fingerprint density at radius 3 is 2.68 bits per heavy atom. The minimum Gasteiger partial charge on any atom is -0.611 e. The van der Waals surface area contributed by atoms with Gasteiger partial charge in [-0.1, -0.05) is 11.6 Å². The zero-order valence-corrected chi connectivity index (χ0v) is 14.5. The average molecular weight is 340 g/mol. The van der Waals surface area contributed by atoms with Gasteiger partial charge >= 0.3 is 0 Å². The number of nitrogens with zero attached hydrogens (tertiary/aromatic N) is 2. The third kappa shape index (κ3) is 5.65. The molecule has 1 aromatic heterocycles. The van der Waals surface area contributed by atoms with Gasteiger partial charge in [-0.25, -0.2) is 4.98 Å². The maximum Gasteiger partial charge on any atom is 0.152 e. The zero-order chi connectivity index (χ0) is 16.0. The minimum atomic E-state index is -1.03. The SMILES string of the molecule is CC(C)(C[S+]([O-])c1ccc(Cl)cc1)NCCCn1ccnc1. The van der Waals surface area contributed by atoms with Gasteiger partial charge in [0.15, 0.2) is 4.90 Å². The van der Waals surface area contributed by atoms with Crippen LogP contribution in [0.2, 0.25) is 5.02 Å². The van der Waals surface area contributed by atoms with E-state index >= 15 is 0 Å². The molecule has 2 aromatic rings. The highest BCUT2D eigenvalue weighted by Gasteiger charge is 2.25. The lowest BCUT2D eigenvalue weighted by atomic mass is 10.1. The van der Waals surface area contributed by atoms with Gasteiger partial charge < -0.3 is 14.4 Å². The molecule has 0 aliphatic carbocycles. The second-order valence-corrected chi connectivity index (χ2v) is 7.80. The molecule has 0 aliphatic heterocycles. The van der Waals surface area contributed by atoms with E-state index in [9.17, 15) is 4.55 Å². The number of aromatic nitrogens is 2. The van der Waals surface area contributed by atoms with Crippen molar-refractivity contribution in [2.45, 2.75) is 37.2 Å². The van der Waals surface area contributed by atoms with Crippen molar-refractivity contribution in [3.63, 3.8) is 0 Å². The molecule has 2 rings (SSSR count). The van der Waals surface area contributed by atoms with Crippen LogP contribution in [0.4, 0.5) is 0 Å². The van der Waals surface area contributed by atoms with E-state index in [1.807, 2.05) is 24.7 Å². The molecular formula is C16H22ClN3OS. The normalized spacial score (nSPS) is 13.3. The van der Waals surface area contributed by atoms with E-state index in [4.69, 9.17) is 11.6 Å². The van der Waals surface area contributed by atoms with Gasteiger partial charge in [-0.2, -0.15) is 0 Å². The fourth-order valence-corrected chi connectivity index (χ4v) is 3.65. The lowest BCUT2D eigenvalue weighted by molar-refractivity contribution is 0.412. The highest BCUT2D eigenvalue weighted by Crippen LogP contribution is 2.19. The van der Waals surface area contributed by atoms with E-state index in [0.717, 1.165) is 24.4 Å². The Balaban J connectivity index is 1.76. The van der Waals surface area contributed by atoms with Crippen LogP contribution in [0.5, 0.6) is 0 Å². The van der Waals surface area contributed by atoms with Crippen LogP contribution < -0.4 is 5.32 Å². The quantitative estimate of drug-likeness (QED) is 0.594. The number of benzene rings is 1. The highest BCUT2D eigenvalue weighted by atomic mass is 35.5. The van der Waals surface area contributed by atoms with Gasteiger partial charge in [0.05, 0.1) is 11.9 Å². The molecule has 1 atom stereocenters. The second kappa shape index (κ2) is 8.02. The van der Waals surface area contributed by atoms with Gasteiger partial charge in [0.25, 0.3) is 0 Å². The van der Waals surface area contributed by atoms with Crippen molar-refractivity contribution in [2.75, 3.05) is 12.3 Å². The lowest BCUT2D eigenvalue weighted by Crippen LogP contribution is -2.45. The first-order valence-corrected chi connectivity index (χ1v) is 9.01. The Morgan fingerprint density at radius 2 is 2.05 bits per heavy atom. The maximum absolute atomic E-state index is 12.4. The van der Waals surface area contributed by atoms with Crippen LogP contribution >= 0.6 is 11.6 Å². The van der Waals surface area contributed by atoms with Gasteiger partial charge in [0, 0.05) is 24.0 Å². The summed E-state index contributed by atoms with van der Waals surface area (Å²) in [5.41, 5.74) is -0.181. The summed E-state index contributed by atoms with van der Waals surface area (Å²) in [5, 5.41) is 4.15. The first-order chi connectivity index (χ1) is 10.5. The highest BCUT2D eigenvalue weighted by molar-refractivity contribution is 7.91. The summed E-state index contributed by atoms with van der Waals surface area (Å²) in [6, 6.07) is 7.21. The molecule has 0 bridgehead atoms. The monoisotopic (exact) mass is 339 g/mol. The largest absolute Gasteiger partial charge is 0.611 e. The van der Waals surface area contributed by atoms with Gasteiger partial charge in [0.1, 0.15) is 5.75 Å². The molecule has 1 unspecified atom stereocenters. The molecular weight excluding hydrogens is 318 g/mol. The number of imidazole rings is 1. The van der Waals surface area contributed by atoms with Crippen LogP contribution in [-0.4, -0.2) is 31.9 Å². The van der Waals surface area contributed by atoms with E-state index < -0.39 is 11.2 Å². The predicted molar refractivity (Wildman–Crippen MR) is 91.7 cm³/mol. The number of hydrogen-bond acceptors (Lipinski definition) is 3. The lowest BCUT2D eigenvalue weighted by Gasteiger charge is -2.27. The van der Waals surface area contributed by atoms with Crippen LogP contribution in [0.25, 0.3) is 0 Å². The number of hydrogen-bond donors (Lipinski definition) is 1. The summed E-state index contributed by atoms with van der Waals surface area (Å²) >= 11 is 4.83. The molecule has 120 valence electrons. The molecule has 22 heavy (non-hydrogen) atoms.